The number of halogens is 1. The molecule has 0 unspecified atom stereocenters. The number of hydrogen-bond donors (Lipinski definition) is 1. The SMILES string of the molecule is Cc1cc(SCCCC(=O)O)ccc1F. The van der Waals surface area contributed by atoms with Crippen LogP contribution >= 0.6 is 11.8 Å². The van der Waals surface area contributed by atoms with Crippen LogP contribution in [0.1, 0.15) is 18.4 Å². The molecule has 0 aliphatic carbocycles. The Kier molecular flexibility index (Phi) is 4.62. The summed E-state index contributed by atoms with van der Waals surface area (Å²) in [5.41, 5.74) is 0.623. The Morgan fingerprint density at radius 2 is 2.27 bits per heavy atom. The summed E-state index contributed by atoms with van der Waals surface area (Å²) in [5.74, 6) is -0.229. The summed E-state index contributed by atoms with van der Waals surface area (Å²) in [6.45, 7) is 1.72. The number of aryl methyl sites for hydroxylation is 1. The minimum atomic E-state index is -0.772. The standard InChI is InChI=1S/C11H13FO2S/c1-8-7-9(4-5-10(8)12)15-6-2-3-11(13)14/h4-5,7H,2-3,6H2,1H3,(H,13,14). The van der Waals surface area contributed by atoms with Gasteiger partial charge in [0.15, 0.2) is 0 Å². The third kappa shape index (κ3) is 4.34. The number of carbonyl (C=O) groups is 1. The molecule has 0 heterocycles. The van der Waals surface area contributed by atoms with Gasteiger partial charge in [-0.2, -0.15) is 0 Å². The van der Waals surface area contributed by atoms with Crippen molar-refractivity contribution in [3.63, 3.8) is 0 Å². The lowest BCUT2D eigenvalue weighted by atomic mass is 10.2. The zero-order valence-electron chi connectivity index (χ0n) is 8.50. The number of thioether (sulfide) groups is 1. The monoisotopic (exact) mass is 228 g/mol. The second kappa shape index (κ2) is 5.75. The fourth-order valence-corrected chi connectivity index (χ4v) is 2.07. The van der Waals surface area contributed by atoms with Crippen molar-refractivity contribution in [2.75, 3.05) is 5.75 Å². The Labute approximate surface area is 92.5 Å². The third-order valence-electron chi connectivity index (χ3n) is 1.93. The number of carboxylic acid groups (broad SMARTS) is 1. The van der Waals surface area contributed by atoms with Crippen molar-refractivity contribution >= 4 is 17.7 Å². The van der Waals surface area contributed by atoms with E-state index in [4.69, 9.17) is 5.11 Å². The van der Waals surface area contributed by atoms with Gasteiger partial charge in [-0.3, -0.25) is 4.79 Å². The van der Waals surface area contributed by atoms with E-state index in [1.165, 1.54) is 6.07 Å². The summed E-state index contributed by atoms with van der Waals surface area (Å²) < 4.78 is 12.9. The molecule has 0 atom stereocenters. The van der Waals surface area contributed by atoms with Crippen molar-refractivity contribution in [2.24, 2.45) is 0 Å². The van der Waals surface area contributed by atoms with Crippen LogP contribution in [0.15, 0.2) is 23.1 Å². The molecule has 2 nitrogen and oxygen atoms in total. The zero-order valence-corrected chi connectivity index (χ0v) is 9.31. The van der Waals surface area contributed by atoms with Gasteiger partial charge in [0.05, 0.1) is 0 Å². The van der Waals surface area contributed by atoms with Gasteiger partial charge in [0.1, 0.15) is 5.82 Å². The summed E-state index contributed by atoms with van der Waals surface area (Å²) in [6.07, 6.45) is 0.823. The summed E-state index contributed by atoms with van der Waals surface area (Å²) in [4.78, 5) is 11.2. The van der Waals surface area contributed by atoms with Gasteiger partial charge in [-0.25, -0.2) is 4.39 Å². The summed E-state index contributed by atoms with van der Waals surface area (Å²) in [6, 6.07) is 4.93. The molecule has 0 bridgehead atoms. The molecule has 1 aromatic carbocycles. The van der Waals surface area contributed by atoms with Crippen molar-refractivity contribution in [1.29, 1.82) is 0 Å². The lowest BCUT2D eigenvalue weighted by molar-refractivity contribution is -0.137. The van der Waals surface area contributed by atoms with Crippen LogP contribution in [0.2, 0.25) is 0 Å². The average molecular weight is 228 g/mol. The highest BCUT2D eigenvalue weighted by molar-refractivity contribution is 7.99. The number of rotatable bonds is 5. The van der Waals surface area contributed by atoms with Crippen LogP contribution in [0.25, 0.3) is 0 Å². The molecule has 0 aliphatic heterocycles. The minimum Gasteiger partial charge on any atom is -0.481 e. The van der Waals surface area contributed by atoms with Gasteiger partial charge in [-0.1, -0.05) is 0 Å². The summed E-state index contributed by atoms with van der Waals surface area (Å²) in [5, 5.41) is 8.43. The van der Waals surface area contributed by atoms with E-state index < -0.39 is 5.97 Å². The fraction of sp³-hybridized carbons (Fsp3) is 0.364. The van der Waals surface area contributed by atoms with E-state index in [0.717, 1.165) is 10.6 Å². The van der Waals surface area contributed by atoms with Gasteiger partial charge in [0.2, 0.25) is 0 Å². The highest BCUT2D eigenvalue weighted by Crippen LogP contribution is 2.21. The van der Waals surface area contributed by atoms with Gasteiger partial charge in [0.25, 0.3) is 0 Å². The second-order valence-corrected chi connectivity index (χ2v) is 4.43. The van der Waals surface area contributed by atoms with E-state index in [9.17, 15) is 9.18 Å². The van der Waals surface area contributed by atoms with Crippen LogP contribution in [0, 0.1) is 12.7 Å². The highest BCUT2D eigenvalue weighted by atomic mass is 32.2. The Bertz CT molecular complexity index is 352. The van der Waals surface area contributed by atoms with E-state index in [1.54, 1.807) is 30.8 Å². The van der Waals surface area contributed by atoms with Crippen LogP contribution in [-0.4, -0.2) is 16.8 Å². The van der Waals surface area contributed by atoms with Crippen LogP contribution in [0.3, 0.4) is 0 Å². The Balaban J connectivity index is 2.38. The van der Waals surface area contributed by atoms with E-state index >= 15 is 0 Å². The predicted molar refractivity (Wildman–Crippen MR) is 58.7 cm³/mol. The first kappa shape index (κ1) is 12.0. The molecule has 1 rings (SSSR count). The first-order valence-corrected chi connectivity index (χ1v) is 5.69. The molecule has 0 aromatic heterocycles. The maximum atomic E-state index is 12.9. The average Bonchev–Trinajstić information content (AvgIpc) is 2.18. The molecule has 0 spiro atoms. The van der Waals surface area contributed by atoms with Crippen LogP contribution in [0.4, 0.5) is 4.39 Å². The zero-order chi connectivity index (χ0) is 11.3. The Hall–Kier alpha value is -1.03. The molecule has 1 N–H and O–H groups in total. The van der Waals surface area contributed by atoms with Gasteiger partial charge in [0, 0.05) is 11.3 Å². The number of carboxylic acids is 1. The molecule has 0 radical (unpaired) electrons. The molecule has 82 valence electrons. The quantitative estimate of drug-likeness (QED) is 0.621. The Morgan fingerprint density at radius 3 is 2.87 bits per heavy atom. The fourth-order valence-electron chi connectivity index (χ4n) is 1.12. The number of aliphatic carboxylic acids is 1. The van der Waals surface area contributed by atoms with Crippen molar-refractivity contribution in [1.82, 2.24) is 0 Å². The topological polar surface area (TPSA) is 37.3 Å². The highest BCUT2D eigenvalue weighted by Gasteiger charge is 2.01. The predicted octanol–water partition coefficient (Wildman–Crippen LogP) is 3.09. The lowest BCUT2D eigenvalue weighted by Crippen LogP contribution is -1.94. The largest absolute Gasteiger partial charge is 0.481 e. The smallest absolute Gasteiger partial charge is 0.303 e. The molecule has 15 heavy (non-hydrogen) atoms. The van der Waals surface area contributed by atoms with Crippen molar-refractivity contribution < 1.29 is 14.3 Å². The van der Waals surface area contributed by atoms with Crippen molar-refractivity contribution in [3.05, 3.63) is 29.6 Å². The maximum Gasteiger partial charge on any atom is 0.303 e. The molecular formula is C11H13FO2S. The molecule has 4 heteroatoms. The van der Waals surface area contributed by atoms with E-state index in [2.05, 4.69) is 0 Å². The second-order valence-electron chi connectivity index (χ2n) is 3.26. The minimum absolute atomic E-state index is 0.188. The molecule has 0 saturated heterocycles. The van der Waals surface area contributed by atoms with Gasteiger partial charge in [-0.05, 0) is 42.9 Å². The molecule has 1 aromatic rings. The van der Waals surface area contributed by atoms with E-state index in [1.807, 2.05) is 0 Å². The van der Waals surface area contributed by atoms with E-state index in [-0.39, 0.29) is 12.2 Å². The first-order valence-electron chi connectivity index (χ1n) is 4.70. The molecular weight excluding hydrogens is 215 g/mol. The first-order chi connectivity index (χ1) is 7.09. The van der Waals surface area contributed by atoms with Crippen molar-refractivity contribution in [3.8, 4) is 0 Å². The molecule has 0 fully saturated rings. The summed E-state index contributed by atoms with van der Waals surface area (Å²) in [7, 11) is 0. The van der Waals surface area contributed by atoms with Gasteiger partial charge in [-0.15, -0.1) is 11.8 Å². The molecule has 0 aliphatic rings. The third-order valence-corrected chi connectivity index (χ3v) is 3.01. The lowest BCUT2D eigenvalue weighted by Gasteiger charge is -2.02. The van der Waals surface area contributed by atoms with Crippen LogP contribution in [0.5, 0.6) is 0 Å². The molecule has 0 saturated carbocycles. The Morgan fingerprint density at radius 1 is 1.53 bits per heavy atom. The summed E-state index contributed by atoms with van der Waals surface area (Å²) >= 11 is 1.56. The van der Waals surface area contributed by atoms with Crippen molar-refractivity contribution in [2.45, 2.75) is 24.7 Å². The number of benzene rings is 1. The van der Waals surface area contributed by atoms with Gasteiger partial charge >= 0.3 is 5.97 Å². The number of hydrogen-bond acceptors (Lipinski definition) is 2. The van der Waals surface area contributed by atoms with Crippen LogP contribution < -0.4 is 0 Å². The van der Waals surface area contributed by atoms with Gasteiger partial charge < -0.3 is 5.11 Å². The molecule has 0 amide bonds. The normalized spacial score (nSPS) is 10.3. The maximum absolute atomic E-state index is 12.9. The van der Waals surface area contributed by atoms with E-state index in [0.29, 0.717) is 12.0 Å². The van der Waals surface area contributed by atoms with Crippen LogP contribution in [-0.2, 0) is 4.79 Å².